The van der Waals surface area contributed by atoms with Crippen molar-refractivity contribution in [3.8, 4) is 22.6 Å². The van der Waals surface area contributed by atoms with Gasteiger partial charge in [-0.25, -0.2) is 4.98 Å². The Hall–Kier alpha value is -2.89. The van der Waals surface area contributed by atoms with E-state index in [1.807, 2.05) is 48.5 Å². The molecule has 0 radical (unpaired) electrons. The van der Waals surface area contributed by atoms with Crippen LogP contribution in [0.4, 0.5) is 0 Å². The Kier molecular flexibility index (Phi) is 4.35. The van der Waals surface area contributed by atoms with Crippen molar-refractivity contribution in [2.75, 3.05) is 0 Å². The summed E-state index contributed by atoms with van der Waals surface area (Å²) >= 11 is 0. The van der Waals surface area contributed by atoms with Crippen LogP contribution in [0.3, 0.4) is 0 Å². The average molecular weight is 397 g/mol. The highest BCUT2D eigenvalue weighted by molar-refractivity contribution is 6.62. The number of hydrogen-bond acceptors (Lipinski definition) is 4. The van der Waals surface area contributed by atoms with E-state index in [-0.39, 0.29) is 18.3 Å². The molecule has 1 aliphatic heterocycles. The van der Waals surface area contributed by atoms with Crippen molar-refractivity contribution in [3.05, 3.63) is 72.8 Å². The molecule has 1 saturated heterocycles. The fourth-order valence-electron chi connectivity index (χ4n) is 3.66. The van der Waals surface area contributed by atoms with Crippen LogP contribution in [0.5, 0.6) is 0 Å². The molecule has 1 fully saturated rings. The molecular weight excluding hydrogens is 373 g/mol. The maximum absolute atomic E-state index is 6.21. The van der Waals surface area contributed by atoms with E-state index in [9.17, 15) is 0 Å². The third-order valence-corrected chi connectivity index (χ3v) is 6.15. The van der Waals surface area contributed by atoms with Crippen LogP contribution in [-0.4, -0.2) is 23.3 Å². The Balaban J connectivity index is 1.48. The molecule has 0 spiro atoms. The Morgan fingerprint density at radius 3 is 2.10 bits per heavy atom. The van der Waals surface area contributed by atoms with Gasteiger partial charge in [0.05, 0.1) is 11.2 Å². The molecule has 2 heterocycles. The third kappa shape index (κ3) is 3.24. The second kappa shape index (κ2) is 6.83. The molecule has 0 atom stereocenters. The molecule has 5 heteroatoms. The first-order valence-corrected chi connectivity index (χ1v) is 10.2. The van der Waals surface area contributed by atoms with E-state index >= 15 is 0 Å². The van der Waals surface area contributed by atoms with Crippen LogP contribution in [-0.2, 0) is 9.31 Å². The van der Waals surface area contributed by atoms with Crippen LogP contribution in [0.15, 0.2) is 77.2 Å². The van der Waals surface area contributed by atoms with E-state index < -0.39 is 0 Å². The van der Waals surface area contributed by atoms with Gasteiger partial charge in [0.25, 0.3) is 0 Å². The van der Waals surface area contributed by atoms with Crippen molar-refractivity contribution in [2.24, 2.45) is 0 Å². The summed E-state index contributed by atoms with van der Waals surface area (Å²) in [5, 5.41) is 0. The molecule has 0 saturated carbocycles. The predicted molar refractivity (Wildman–Crippen MR) is 121 cm³/mol. The van der Waals surface area contributed by atoms with Gasteiger partial charge in [-0.15, -0.1) is 0 Å². The Morgan fingerprint density at radius 1 is 0.700 bits per heavy atom. The number of benzene rings is 3. The molecule has 4 aromatic rings. The zero-order valence-electron chi connectivity index (χ0n) is 17.7. The average Bonchev–Trinajstić information content (AvgIpc) is 3.26. The minimum absolute atomic E-state index is 0.360. The van der Waals surface area contributed by atoms with Crippen molar-refractivity contribution in [2.45, 2.75) is 38.9 Å². The van der Waals surface area contributed by atoms with Crippen molar-refractivity contribution in [1.29, 1.82) is 0 Å². The van der Waals surface area contributed by atoms with Crippen molar-refractivity contribution >= 4 is 23.7 Å². The number of aromatic nitrogens is 1. The van der Waals surface area contributed by atoms with Gasteiger partial charge in [0.1, 0.15) is 5.52 Å². The summed E-state index contributed by atoms with van der Waals surface area (Å²) < 4.78 is 18.4. The Labute approximate surface area is 177 Å². The summed E-state index contributed by atoms with van der Waals surface area (Å²) in [6.45, 7) is 8.28. The number of nitrogens with zero attached hydrogens (tertiary/aromatic N) is 1. The fourth-order valence-corrected chi connectivity index (χ4v) is 3.66. The number of oxazole rings is 1. The molecule has 4 nitrogen and oxygen atoms in total. The van der Waals surface area contributed by atoms with Gasteiger partial charge >= 0.3 is 7.12 Å². The molecule has 30 heavy (non-hydrogen) atoms. The van der Waals surface area contributed by atoms with E-state index in [2.05, 4.69) is 52.0 Å². The SMILES string of the molecule is CC1(C)OB(c2cccc(-c3ccc4oc(-c5ccccc5)nc4c3)c2)OC1(C)C. The summed E-state index contributed by atoms with van der Waals surface area (Å²) in [5.41, 5.74) is 5.05. The summed E-state index contributed by atoms with van der Waals surface area (Å²) in [7, 11) is -0.379. The lowest BCUT2D eigenvalue weighted by Crippen LogP contribution is -2.41. The largest absolute Gasteiger partial charge is 0.494 e. The van der Waals surface area contributed by atoms with Crippen molar-refractivity contribution < 1.29 is 13.7 Å². The van der Waals surface area contributed by atoms with Gasteiger partial charge in [-0.3, -0.25) is 0 Å². The minimum atomic E-state index is -0.379. The van der Waals surface area contributed by atoms with Gasteiger partial charge in [0, 0.05) is 5.56 Å². The molecule has 5 rings (SSSR count). The highest BCUT2D eigenvalue weighted by atomic mass is 16.7. The van der Waals surface area contributed by atoms with Gasteiger partial charge < -0.3 is 13.7 Å². The highest BCUT2D eigenvalue weighted by Gasteiger charge is 2.51. The van der Waals surface area contributed by atoms with Crippen LogP contribution in [0.1, 0.15) is 27.7 Å². The lowest BCUT2D eigenvalue weighted by Gasteiger charge is -2.32. The normalized spacial score (nSPS) is 17.5. The van der Waals surface area contributed by atoms with E-state index in [0.29, 0.717) is 5.89 Å². The van der Waals surface area contributed by atoms with Gasteiger partial charge in [-0.05, 0) is 68.6 Å². The van der Waals surface area contributed by atoms with Crippen LogP contribution in [0.2, 0.25) is 0 Å². The molecule has 0 N–H and O–H groups in total. The molecular formula is C25H24BNO3. The topological polar surface area (TPSA) is 44.5 Å². The lowest BCUT2D eigenvalue weighted by molar-refractivity contribution is 0.00578. The van der Waals surface area contributed by atoms with Crippen molar-refractivity contribution in [1.82, 2.24) is 4.98 Å². The molecule has 3 aromatic carbocycles. The van der Waals surface area contributed by atoms with Crippen molar-refractivity contribution in [3.63, 3.8) is 0 Å². The maximum Gasteiger partial charge on any atom is 0.494 e. The molecule has 0 bridgehead atoms. The molecule has 150 valence electrons. The lowest BCUT2D eigenvalue weighted by atomic mass is 9.78. The van der Waals surface area contributed by atoms with Gasteiger partial charge in [0.15, 0.2) is 5.58 Å². The number of fused-ring (bicyclic) bond motifs is 1. The molecule has 0 unspecified atom stereocenters. The van der Waals surface area contributed by atoms with Crippen LogP contribution >= 0.6 is 0 Å². The summed E-state index contributed by atoms with van der Waals surface area (Å²) in [4.78, 5) is 4.69. The van der Waals surface area contributed by atoms with E-state index in [1.54, 1.807) is 0 Å². The van der Waals surface area contributed by atoms with E-state index in [1.165, 1.54) is 0 Å². The third-order valence-electron chi connectivity index (χ3n) is 6.15. The zero-order valence-corrected chi connectivity index (χ0v) is 17.7. The molecule has 0 amide bonds. The maximum atomic E-state index is 6.21. The second-order valence-electron chi connectivity index (χ2n) is 8.78. The molecule has 1 aliphatic rings. The second-order valence-corrected chi connectivity index (χ2v) is 8.78. The van der Waals surface area contributed by atoms with Gasteiger partial charge in [-0.1, -0.05) is 48.5 Å². The number of rotatable bonds is 3. The Morgan fingerprint density at radius 2 is 1.37 bits per heavy atom. The Bertz CT molecular complexity index is 1200. The predicted octanol–water partition coefficient (Wildman–Crippen LogP) is 5.46. The first kappa shape index (κ1) is 19.1. The quantitative estimate of drug-likeness (QED) is 0.431. The molecule has 0 aliphatic carbocycles. The first-order chi connectivity index (χ1) is 14.3. The zero-order chi connectivity index (χ0) is 20.9. The van der Waals surface area contributed by atoms with Gasteiger partial charge in [0.2, 0.25) is 5.89 Å². The highest BCUT2D eigenvalue weighted by Crippen LogP contribution is 2.37. The van der Waals surface area contributed by atoms with Gasteiger partial charge in [-0.2, -0.15) is 0 Å². The van der Waals surface area contributed by atoms with Crippen LogP contribution in [0.25, 0.3) is 33.7 Å². The van der Waals surface area contributed by atoms with Crippen LogP contribution < -0.4 is 5.46 Å². The first-order valence-electron chi connectivity index (χ1n) is 10.2. The smallest absolute Gasteiger partial charge is 0.436 e. The van der Waals surface area contributed by atoms with Crippen LogP contribution in [0, 0.1) is 0 Å². The summed E-state index contributed by atoms with van der Waals surface area (Å²) in [6.07, 6.45) is 0. The number of hydrogen-bond donors (Lipinski definition) is 0. The van der Waals surface area contributed by atoms with E-state index in [4.69, 9.17) is 18.7 Å². The minimum Gasteiger partial charge on any atom is -0.436 e. The summed E-state index contributed by atoms with van der Waals surface area (Å²) in [5.74, 6) is 0.633. The molecule has 1 aromatic heterocycles. The van der Waals surface area contributed by atoms with E-state index in [0.717, 1.165) is 33.3 Å². The summed E-state index contributed by atoms with van der Waals surface area (Å²) in [6, 6.07) is 24.4. The fraction of sp³-hybridized carbons (Fsp3) is 0.240. The monoisotopic (exact) mass is 397 g/mol. The standard InChI is InChI=1S/C25H24BNO3/c1-24(2)25(3,4)30-26(29-24)20-12-8-11-18(15-20)19-13-14-22-21(16-19)27-23(28-22)17-9-6-5-7-10-17/h5-16H,1-4H3.